The molecule has 1 unspecified atom stereocenters. The topological polar surface area (TPSA) is 140 Å². The smallest absolute Gasteiger partial charge is 0.329 e. The molecule has 3 amide bonds. The first-order valence-electron chi connectivity index (χ1n) is 18.4. The number of aromatic nitrogens is 3. The van der Waals surface area contributed by atoms with E-state index in [1.165, 1.54) is 10.5 Å². The predicted molar refractivity (Wildman–Crippen MR) is 201 cm³/mol. The maximum atomic E-state index is 13.6. The van der Waals surface area contributed by atoms with Crippen molar-refractivity contribution in [1.29, 1.82) is 0 Å². The molecule has 4 fully saturated rings. The Balaban J connectivity index is 0.785. The van der Waals surface area contributed by atoms with E-state index in [0.717, 1.165) is 100 Å². The van der Waals surface area contributed by atoms with Gasteiger partial charge in [-0.15, -0.1) is 0 Å². The number of likely N-dealkylation sites (tertiary alicyclic amines) is 1. The Morgan fingerprint density at radius 3 is 2.42 bits per heavy atom. The highest BCUT2D eigenvalue weighted by Crippen LogP contribution is 2.35. The fraction of sp³-hybridized carbons (Fsp3) is 0.486. The van der Waals surface area contributed by atoms with Crippen LogP contribution in [-0.4, -0.2) is 98.9 Å². The minimum Gasteiger partial charge on any atom is -0.371 e. The van der Waals surface area contributed by atoms with Gasteiger partial charge in [-0.05, 0) is 99.3 Å². The second-order valence-electron chi connectivity index (χ2n) is 14.3. The number of hydrogen-bond acceptors (Lipinski definition) is 10. The van der Waals surface area contributed by atoms with Crippen molar-refractivity contribution >= 4 is 62.9 Å². The van der Waals surface area contributed by atoms with E-state index in [9.17, 15) is 13.8 Å². The van der Waals surface area contributed by atoms with E-state index in [0.29, 0.717) is 40.8 Å². The largest absolute Gasteiger partial charge is 0.371 e. The Morgan fingerprint density at radius 1 is 0.904 bits per heavy atom. The number of rotatable bonds is 9. The average Bonchev–Trinajstić information content (AvgIpc) is 3.59. The minimum atomic E-state index is -1.20. The maximum Gasteiger partial charge on any atom is 0.329 e. The number of urea groups is 1. The van der Waals surface area contributed by atoms with Crippen molar-refractivity contribution in [1.82, 2.24) is 29.6 Å². The second-order valence-corrected chi connectivity index (χ2v) is 16.3. The predicted octanol–water partition coefficient (Wildman–Crippen LogP) is 5.41. The van der Waals surface area contributed by atoms with Gasteiger partial charge < -0.3 is 19.6 Å². The van der Waals surface area contributed by atoms with Gasteiger partial charge in [-0.3, -0.25) is 15.0 Å². The number of fused-ring (bicyclic) bond motifs is 1. The molecule has 0 radical (unpaired) electrons. The lowest BCUT2D eigenvalue weighted by Gasteiger charge is -2.38. The first-order chi connectivity index (χ1) is 25.4. The van der Waals surface area contributed by atoms with E-state index in [2.05, 4.69) is 64.1 Å². The van der Waals surface area contributed by atoms with Crippen LogP contribution >= 0.6 is 11.6 Å². The zero-order valence-corrected chi connectivity index (χ0v) is 30.7. The van der Waals surface area contributed by atoms with Crippen molar-refractivity contribution in [2.75, 3.05) is 67.5 Å². The normalized spacial score (nSPS) is 21.1. The molecule has 4 aromatic rings. The molecule has 6 heterocycles. The maximum absolute atomic E-state index is 13.6. The van der Waals surface area contributed by atoms with Crippen LogP contribution < -0.4 is 20.4 Å². The highest BCUT2D eigenvalue weighted by Gasteiger charge is 2.30. The molecular formula is C37H44ClN9O4S. The highest BCUT2D eigenvalue weighted by atomic mass is 35.5. The third kappa shape index (κ3) is 7.80. The minimum absolute atomic E-state index is 0.242. The Labute approximate surface area is 310 Å². The SMILES string of the molecule is O=C1CCN(c2noc3cc(C4CCN(CC5CCN(c6cccc(S(=O)N7CCC(Nc8ncc(Cl)cn8)CC7)c6)CC5)CC4)ccc23)C(=O)N1. The number of carbonyl (C=O) groups is 2. The summed E-state index contributed by atoms with van der Waals surface area (Å²) in [5, 5.41) is 11.2. The summed E-state index contributed by atoms with van der Waals surface area (Å²) in [4.78, 5) is 39.8. The third-order valence-electron chi connectivity index (χ3n) is 11.0. The van der Waals surface area contributed by atoms with E-state index < -0.39 is 17.0 Å². The molecule has 13 nitrogen and oxygen atoms in total. The number of nitrogens with one attached hydrogen (secondary N) is 2. The average molecular weight is 746 g/mol. The third-order valence-corrected chi connectivity index (χ3v) is 12.7. The van der Waals surface area contributed by atoms with Gasteiger partial charge in [-0.2, -0.15) is 0 Å². The Bertz CT molecular complexity index is 1920. The number of imide groups is 1. The Kier molecular flexibility index (Phi) is 10.4. The molecule has 4 aliphatic rings. The van der Waals surface area contributed by atoms with Crippen LogP contribution in [0.1, 0.15) is 56.4 Å². The van der Waals surface area contributed by atoms with Crippen molar-refractivity contribution < 1.29 is 18.3 Å². The Morgan fingerprint density at radius 2 is 1.67 bits per heavy atom. The molecule has 0 aliphatic carbocycles. The van der Waals surface area contributed by atoms with E-state index in [-0.39, 0.29) is 18.4 Å². The van der Waals surface area contributed by atoms with E-state index in [4.69, 9.17) is 16.1 Å². The van der Waals surface area contributed by atoms with Crippen LogP contribution in [0.4, 0.5) is 22.2 Å². The van der Waals surface area contributed by atoms with Crippen LogP contribution in [0, 0.1) is 5.92 Å². The zero-order valence-electron chi connectivity index (χ0n) is 29.1. The summed E-state index contributed by atoms with van der Waals surface area (Å²) in [6, 6.07) is 14.3. The second kappa shape index (κ2) is 15.5. The van der Waals surface area contributed by atoms with Gasteiger partial charge in [-0.25, -0.2) is 23.3 Å². The van der Waals surface area contributed by atoms with Crippen molar-refractivity contribution in [2.24, 2.45) is 5.92 Å². The van der Waals surface area contributed by atoms with Crippen molar-refractivity contribution in [3.05, 3.63) is 65.4 Å². The molecule has 274 valence electrons. The van der Waals surface area contributed by atoms with Gasteiger partial charge in [-0.1, -0.05) is 28.9 Å². The summed E-state index contributed by atoms with van der Waals surface area (Å²) in [5.41, 5.74) is 3.07. The van der Waals surface area contributed by atoms with Crippen LogP contribution in [0.5, 0.6) is 0 Å². The summed E-state index contributed by atoms with van der Waals surface area (Å²) in [6.07, 6.45) is 9.66. The number of amides is 3. The van der Waals surface area contributed by atoms with Crippen LogP contribution in [0.3, 0.4) is 0 Å². The molecule has 0 spiro atoms. The van der Waals surface area contributed by atoms with E-state index >= 15 is 0 Å². The summed E-state index contributed by atoms with van der Waals surface area (Å²) in [6.45, 7) is 7.07. The molecule has 15 heteroatoms. The Hall–Kier alpha value is -4.11. The first kappa shape index (κ1) is 34.9. The molecule has 8 rings (SSSR count). The van der Waals surface area contributed by atoms with Crippen LogP contribution in [0.2, 0.25) is 5.02 Å². The number of piperidine rings is 3. The van der Waals surface area contributed by atoms with Crippen molar-refractivity contribution in [3.63, 3.8) is 0 Å². The molecule has 4 saturated heterocycles. The van der Waals surface area contributed by atoms with Crippen molar-refractivity contribution in [3.8, 4) is 0 Å². The summed E-state index contributed by atoms with van der Waals surface area (Å²) >= 11 is 5.91. The zero-order chi connectivity index (χ0) is 35.6. The molecule has 2 N–H and O–H groups in total. The van der Waals surface area contributed by atoms with Gasteiger partial charge in [0.15, 0.2) is 11.4 Å². The molecule has 0 bridgehead atoms. The molecule has 52 heavy (non-hydrogen) atoms. The first-order valence-corrected chi connectivity index (χ1v) is 19.8. The van der Waals surface area contributed by atoms with Gasteiger partial charge >= 0.3 is 6.03 Å². The number of carbonyl (C=O) groups excluding carboxylic acids is 2. The molecule has 1 atom stereocenters. The molecule has 4 aliphatic heterocycles. The monoisotopic (exact) mass is 745 g/mol. The van der Waals surface area contributed by atoms with Crippen molar-refractivity contribution in [2.45, 2.75) is 61.8 Å². The molecular weight excluding hydrogens is 702 g/mol. The van der Waals surface area contributed by atoms with Crippen LogP contribution in [-0.2, 0) is 15.8 Å². The summed E-state index contributed by atoms with van der Waals surface area (Å²) in [5.74, 6) is 1.89. The number of benzene rings is 2. The fourth-order valence-electron chi connectivity index (χ4n) is 8.02. The van der Waals surface area contributed by atoms with Gasteiger partial charge in [0.05, 0.1) is 27.7 Å². The molecule has 2 aromatic carbocycles. The summed E-state index contributed by atoms with van der Waals surface area (Å²) < 4.78 is 21.3. The van der Waals surface area contributed by atoms with Gasteiger partial charge in [0.1, 0.15) is 11.0 Å². The number of nitrogens with zero attached hydrogens (tertiary/aromatic N) is 7. The van der Waals surface area contributed by atoms with Crippen LogP contribution in [0.25, 0.3) is 11.0 Å². The van der Waals surface area contributed by atoms with Gasteiger partial charge in [0.25, 0.3) is 0 Å². The highest BCUT2D eigenvalue weighted by molar-refractivity contribution is 7.82. The number of anilines is 3. The molecule has 2 aromatic heterocycles. The lowest BCUT2D eigenvalue weighted by molar-refractivity contribution is -0.120. The molecule has 0 saturated carbocycles. The summed E-state index contributed by atoms with van der Waals surface area (Å²) in [7, 11) is -1.20. The fourth-order valence-corrected chi connectivity index (χ4v) is 9.37. The van der Waals surface area contributed by atoms with Gasteiger partial charge in [0, 0.05) is 57.4 Å². The van der Waals surface area contributed by atoms with E-state index in [1.54, 1.807) is 12.4 Å². The number of hydrogen-bond donors (Lipinski definition) is 2. The van der Waals surface area contributed by atoms with Gasteiger partial charge in [0.2, 0.25) is 11.9 Å². The van der Waals surface area contributed by atoms with Crippen LogP contribution in [0.15, 0.2) is 64.3 Å². The van der Waals surface area contributed by atoms with E-state index in [1.807, 2.05) is 18.2 Å². The standard InChI is InChI=1S/C37H44ClN9O4S/c38-28-22-39-36(40-23-28)41-29-10-17-46(18-11-29)52(50)31-3-1-2-30(21-31)45-15-6-25(7-16-45)24-44-13-8-26(9-14-44)27-4-5-32-33(20-27)51-43-35(32)47-19-12-34(48)42-37(47)49/h1-5,20-23,25-26,29H,6-19,24H2,(H,39,40,41)(H,42,48,49). The lowest BCUT2D eigenvalue weighted by Crippen LogP contribution is -2.49. The number of halogens is 1. The lowest BCUT2D eigenvalue weighted by atomic mass is 9.88. The quantitative estimate of drug-likeness (QED) is 0.229.